The van der Waals surface area contributed by atoms with Gasteiger partial charge in [0.1, 0.15) is 0 Å². The molecule has 0 fully saturated rings. The van der Waals surface area contributed by atoms with Gasteiger partial charge >= 0.3 is 0 Å². The number of ether oxygens (including phenoxy) is 1. The molecule has 20 heavy (non-hydrogen) atoms. The summed E-state index contributed by atoms with van der Waals surface area (Å²) in [5.41, 5.74) is 2.83. The second-order valence-corrected chi connectivity index (χ2v) is 5.36. The molecular formula is C16H16BrNO2. The quantitative estimate of drug-likeness (QED) is 0.908. The van der Waals surface area contributed by atoms with Crippen molar-refractivity contribution in [1.29, 1.82) is 0 Å². The number of methoxy groups -OCH3 is 1. The summed E-state index contributed by atoms with van der Waals surface area (Å²) in [6, 6.07) is 15.3. The fourth-order valence-corrected chi connectivity index (χ4v) is 2.23. The van der Waals surface area contributed by atoms with Crippen molar-refractivity contribution >= 4 is 21.8 Å². The number of amides is 1. The molecule has 3 nitrogen and oxygen atoms in total. The lowest BCUT2D eigenvalue weighted by Crippen LogP contribution is -2.22. The second kappa shape index (κ2) is 7.22. The molecule has 0 aliphatic heterocycles. The molecule has 2 aromatic carbocycles. The van der Waals surface area contributed by atoms with E-state index in [2.05, 4.69) is 21.2 Å². The van der Waals surface area contributed by atoms with Gasteiger partial charge in [0.15, 0.2) is 0 Å². The Morgan fingerprint density at radius 2 is 1.85 bits per heavy atom. The van der Waals surface area contributed by atoms with Crippen LogP contribution in [-0.4, -0.2) is 13.0 Å². The van der Waals surface area contributed by atoms with Gasteiger partial charge in [-0.1, -0.05) is 46.3 Å². The minimum atomic E-state index is -0.0766. The molecule has 0 spiro atoms. The van der Waals surface area contributed by atoms with E-state index in [4.69, 9.17) is 4.74 Å². The molecular weight excluding hydrogens is 318 g/mol. The zero-order valence-electron chi connectivity index (χ0n) is 11.2. The Morgan fingerprint density at radius 1 is 1.15 bits per heavy atom. The summed E-state index contributed by atoms with van der Waals surface area (Å²) in [6.07, 6.45) is 0. The molecule has 0 aliphatic carbocycles. The standard InChI is InChI=1S/C16H16BrNO2/c1-20-11-13-7-5-12(6-8-13)10-18-16(19)14-3-2-4-15(17)9-14/h2-9H,10-11H2,1H3,(H,18,19). The molecule has 104 valence electrons. The Balaban J connectivity index is 1.93. The molecule has 4 heteroatoms. The highest BCUT2D eigenvalue weighted by molar-refractivity contribution is 9.10. The minimum absolute atomic E-state index is 0.0766. The molecule has 0 unspecified atom stereocenters. The maximum absolute atomic E-state index is 12.0. The molecule has 0 saturated carbocycles. The van der Waals surface area contributed by atoms with Crippen LogP contribution in [0.3, 0.4) is 0 Å². The topological polar surface area (TPSA) is 38.3 Å². The summed E-state index contributed by atoms with van der Waals surface area (Å²) in [7, 11) is 1.67. The first-order chi connectivity index (χ1) is 9.69. The third-order valence-electron chi connectivity index (χ3n) is 2.87. The van der Waals surface area contributed by atoms with Crippen molar-refractivity contribution in [3.05, 3.63) is 69.7 Å². The SMILES string of the molecule is COCc1ccc(CNC(=O)c2cccc(Br)c2)cc1. The molecule has 2 aromatic rings. The molecule has 0 heterocycles. The summed E-state index contributed by atoms with van der Waals surface area (Å²) in [5.74, 6) is -0.0766. The zero-order chi connectivity index (χ0) is 14.4. The predicted molar refractivity (Wildman–Crippen MR) is 82.5 cm³/mol. The Bertz CT molecular complexity index is 581. The van der Waals surface area contributed by atoms with Crippen molar-refractivity contribution in [3.8, 4) is 0 Å². The third-order valence-corrected chi connectivity index (χ3v) is 3.37. The van der Waals surface area contributed by atoms with Crippen molar-refractivity contribution in [3.63, 3.8) is 0 Å². The van der Waals surface area contributed by atoms with Crippen LogP contribution in [0.15, 0.2) is 53.0 Å². The van der Waals surface area contributed by atoms with E-state index in [9.17, 15) is 4.79 Å². The number of halogens is 1. The molecule has 0 radical (unpaired) electrons. The molecule has 0 aliphatic rings. The number of hydrogen-bond acceptors (Lipinski definition) is 2. The van der Waals surface area contributed by atoms with Crippen molar-refractivity contribution < 1.29 is 9.53 Å². The molecule has 0 atom stereocenters. The van der Waals surface area contributed by atoms with Crippen LogP contribution >= 0.6 is 15.9 Å². The number of hydrogen-bond donors (Lipinski definition) is 1. The lowest BCUT2D eigenvalue weighted by Gasteiger charge is -2.07. The van der Waals surface area contributed by atoms with E-state index < -0.39 is 0 Å². The van der Waals surface area contributed by atoms with Gasteiger partial charge in [-0.15, -0.1) is 0 Å². The first-order valence-electron chi connectivity index (χ1n) is 6.29. The van der Waals surface area contributed by atoms with E-state index in [-0.39, 0.29) is 5.91 Å². The first-order valence-corrected chi connectivity index (χ1v) is 7.09. The Morgan fingerprint density at radius 3 is 2.50 bits per heavy atom. The molecule has 0 saturated heterocycles. The third kappa shape index (κ3) is 4.18. The number of carbonyl (C=O) groups is 1. The van der Waals surface area contributed by atoms with Crippen LogP contribution in [0.4, 0.5) is 0 Å². The van der Waals surface area contributed by atoms with Crippen molar-refractivity contribution in [2.45, 2.75) is 13.2 Å². The molecule has 1 amide bonds. The van der Waals surface area contributed by atoms with Crippen molar-refractivity contribution in [1.82, 2.24) is 5.32 Å². The molecule has 1 N–H and O–H groups in total. The highest BCUT2D eigenvalue weighted by Crippen LogP contribution is 2.12. The Hall–Kier alpha value is -1.65. The average Bonchev–Trinajstić information content (AvgIpc) is 2.46. The number of carbonyl (C=O) groups excluding carboxylic acids is 1. The van der Waals surface area contributed by atoms with Gasteiger partial charge in [-0.2, -0.15) is 0 Å². The molecule has 2 rings (SSSR count). The summed E-state index contributed by atoms with van der Waals surface area (Å²) in [5, 5.41) is 2.90. The van der Waals surface area contributed by atoms with Crippen LogP contribution in [0.5, 0.6) is 0 Å². The summed E-state index contributed by atoms with van der Waals surface area (Å²) >= 11 is 3.36. The first kappa shape index (κ1) is 14.8. The summed E-state index contributed by atoms with van der Waals surface area (Å²) in [4.78, 5) is 12.0. The van der Waals surface area contributed by atoms with Crippen LogP contribution in [-0.2, 0) is 17.9 Å². The Kier molecular flexibility index (Phi) is 5.32. The monoisotopic (exact) mass is 333 g/mol. The lowest BCUT2D eigenvalue weighted by atomic mass is 10.1. The Labute approximate surface area is 127 Å². The van der Waals surface area contributed by atoms with Gasteiger partial charge in [-0.25, -0.2) is 0 Å². The van der Waals surface area contributed by atoms with E-state index >= 15 is 0 Å². The minimum Gasteiger partial charge on any atom is -0.380 e. The van der Waals surface area contributed by atoms with Crippen LogP contribution in [0.2, 0.25) is 0 Å². The predicted octanol–water partition coefficient (Wildman–Crippen LogP) is 3.53. The summed E-state index contributed by atoms with van der Waals surface area (Å²) in [6.45, 7) is 1.11. The number of rotatable bonds is 5. The fraction of sp³-hybridized carbons (Fsp3) is 0.188. The lowest BCUT2D eigenvalue weighted by molar-refractivity contribution is 0.0951. The maximum atomic E-state index is 12.0. The molecule has 0 bridgehead atoms. The van der Waals surface area contributed by atoms with Crippen molar-refractivity contribution in [2.75, 3.05) is 7.11 Å². The summed E-state index contributed by atoms with van der Waals surface area (Å²) < 4.78 is 5.96. The molecule has 0 aromatic heterocycles. The van der Waals surface area contributed by atoms with E-state index in [0.717, 1.165) is 15.6 Å². The highest BCUT2D eigenvalue weighted by atomic mass is 79.9. The van der Waals surface area contributed by atoms with E-state index in [1.807, 2.05) is 36.4 Å². The smallest absolute Gasteiger partial charge is 0.251 e. The maximum Gasteiger partial charge on any atom is 0.251 e. The normalized spacial score (nSPS) is 10.3. The van der Waals surface area contributed by atoms with Gasteiger partial charge < -0.3 is 10.1 Å². The van der Waals surface area contributed by atoms with Crippen LogP contribution in [0.1, 0.15) is 21.5 Å². The van der Waals surface area contributed by atoms with Gasteiger partial charge in [0, 0.05) is 23.7 Å². The second-order valence-electron chi connectivity index (χ2n) is 4.44. The van der Waals surface area contributed by atoms with E-state index in [1.165, 1.54) is 0 Å². The van der Waals surface area contributed by atoms with E-state index in [0.29, 0.717) is 18.7 Å². The van der Waals surface area contributed by atoms with Crippen LogP contribution in [0.25, 0.3) is 0 Å². The van der Waals surface area contributed by atoms with E-state index in [1.54, 1.807) is 19.2 Å². The van der Waals surface area contributed by atoms with Crippen molar-refractivity contribution in [2.24, 2.45) is 0 Å². The van der Waals surface area contributed by atoms with Gasteiger partial charge in [0.05, 0.1) is 6.61 Å². The van der Waals surface area contributed by atoms with Crippen LogP contribution < -0.4 is 5.32 Å². The zero-order valence-corrected chi connectivity index (χ0v) is 12.8. The highest BCUT2D eigenvalue weighted by Gasteiger charge is 2.05. The van der Waals surface area contributed by atoms with Crippen LogP contribution in [0, 0.1) is 0 Å². The number of benzene rings is 2. The van der Waals surface area contributed by atoms with Gasteiger partial charge in [0.2, 0.25) is 0 Å². The number of nitrogens with one attached hydrogen (secondary N) is 1. The van der Waals surface area contributed by atoms with Gasteiger partial charge in [-0.3, -0.25) is 4.79 Å². The fourth-order valence-electron chi connectivity index (χ4n) is 1.83. The van der Waals surface area contributed by atoms with Gasteiger partial charge in [0.25, 0.3) is 5.91 Å². The average molecular weight is 334 g/mol. The van der Waals surface area contributed by atoms with Gasteiger partial charge in [-0.05, 0) is 29.3 Å². The largest absolute Gasteiger partial charge is 0.380 e.